The molecule has 0 radical (unpaired) electrons. The summed E-state index contributed by atoms with van der Waals surface area (Å²) in [5.41, 5.74) is 0.355. The summed E-state index contributed by atoms with van der Waals surface area (Å²) < 4.78 is 34.5. The van der Waals surface area contributed by atoms with E-state index >= 15 is 0 Å². The molecule has 0 bridgehead atoms. The largest absolute Gasteiger partial charge is 0.462 e. The normalized spacial score (nSPS) is 18.1. The van der Waals surface area contributed by atoms with Crippen LogP contribution in [0.4, 0.5) is 0 Å². The van der Waals surface area contributed by atoms with Crippen molar-refractivity contribution in [3.05, 3.63) is 48.5 Å². The number of rotatable bonds is 7. The molecule has 1 aromatic carbocycles. The SMILES string of the molecule is CCCOC(=O)c1ccc(S(=O)(=O)N2CCCC2Cn2ccnc2)cc1. The molecule has 0 aliphatic carbocycles. The van der Waals surface area contributed by atoms with Crippen molar-refractivity contribution in [2.24, 2.45) is 0 Å². The Kier molecular flexibility index (Phi) is 5.73. The number of hydrogen-bond acceptors (Lipinski definition) is 5. The number of ether oxygens (including phenoxy) is 1. The molecule has 1 unspecified atom stereocenters. The highest BCUT2D eigenvalue weighted by molar-refractivity contribution is 7.89. The lowest BCUT2D eigenvalue weighted by Crippen LogP contribution is -2.37. The zero-order chi connectivity index (χ0) is 18.6. The van der Waals surface area contributed by atoms with E-state index in [9.17, 15) is 13.2 Å². The molecule has 0 saturated carbocycles. The van der Waals surface area contributed by atoms with Crippen LogP contribution in [-0.4, -0.2) is 47.4 Å². The lowest BCUT2D eigenvalue weighted by Gasteiger charge is -2.24. The molecule has 7 nitrogen and oxygen atoms in total. The maximum atomic E-state index is 13.0. The first kappa shape index (κ1) is 18.6. The molecule has 2 heterocycles. The zero-order valence-electron chi connectivity index (χ0n) is 14.7. The van der Waals surface area contributed by atoms with E-state index in [4.69, 9.17) is 4.74 Å². The van der Waals surface area contributed by atoms with Gasteiger partial charge in [-0.1, -0.05) is 6.92 Å². The molecule has 1 atom stereocenters. The Hall–Kier alpha value is -2.19. The molecule has 1 aliphatic rings. The lowest BCUT2D eigenvalue weighted by atomic mass is 10.2. The number of aromatic nitrogens is 2. The summed E-state index contributed by atoms with van der Waals surface area (Å²) in [5, 5.41) is 0. The number of nitrogens with zero attached hydrogens (tertiary/aromatic N) is 3. The standard InChI is InChI=1S/C18H23N3O4S/c1-2-12-25-18(22)15-5-7-17(8-6-15)26(23,24)21-10-3-4-16(21)13-20-11-9-19-14-20/h5-9,11,14,16H,2-4,10,12-13H2,1H3. The van der Waals surface area contributed by atoms with Gasteiger partial charge in [-0.15, -0.1) is 0 Å². The summed E-state index contributed by atoms with van der Waals surface area (Å²) in [6.45, 7) is 3.35. The van der Waals surface area contributed by atoms with Gasteiger partial charge in [-0.3, -0.25) is 0 Å². The van der Waals surface area contributed by atoms with Crippen LogP contribution in [0.15, 0.2) is 47.9 Å². The number of imidazole rings is 1. The second kappa shape index (κ2) is 8.01. The van der Waals surface area contributed by atoms with Crippen LogP contribution in [0.2, 0.25) is 0 Å². The number of carbonyl (C=O) groups is 1. The van der Waals surface area contributed by atoms with Crippen molar-refractivity contribution in [1.29, 1.82) is 0 Å². The van der Waals surface area contributed by atoms with Crippen molar-refractivity contribution in [2.45, 2.75) is 43.7 Å². The van der Waals surface area contributed by atoms with E-state index in [1.54, 1.807) is 16.8 Å². The molecule has 1 aromatic heterocycles. The van der Waals surface area contributed by atoms with Gasteiger partial charge in [-0.05, 0) is 43.5 Å². The van der Waals surface area contributed by atoms with Crippen LogP contribution in [-0.2, 0) is 21.3 Å². The Labute approximate surface area is 153 Å². The van der Waals surface area contributed by atoms with Gasteiger partial charge in [-0.2, -0.15) is 4.31 Å². The van der Waals surface area contributed by atoms with Crippen molar-refractivity contribution in [3.8, 4) is 0 Å². The number of esters is 1. The summed E-state index contributed by atoms with van der Waals surface area (Å²) in [6, 6.07) is 5.87. The molecular formula is C18H23N3O4S. The summed E-state index contributed by atoms with van der Waals surface area (Å²) in [5.74, 6) is -0.435. The van der Waals surface area contributed by atoms with Crippen molar-refractivity contribution in [3.63, 3.8) is 0 Å². The fourth-order valence-corrected chi connectivity index (χ4v) is 4.81. The molecule has 2 aromatic rings. The number of benzene rings is 1. The van der Waals surface area contributed by atoms with Gasteiger partial charge in [0.2, 0.25) is 10.0 Å². The van der Waals surface area contributed by atoms with E-state index in [2.05, 4.69) is 4.98 Å². The average molecular weight is 377 g/mol. The topological polar surface area (TPSA) is 81.5 Å². The maximum absolute atomic E-state index is 13.0. The third-order valence-electron chi connectivity index (χ3n) is 4.44. The molecule has 8 heteroatoms. The smallest absolute Gasteiger partial charge is 0.338 e. The molecule has 140 valence electrons. The van der Waals surface area contributed by atoms with Crippen molar-refractivity contribution in [1.82, 2.24) is 13.9 Å². The molecule has 0 amide bonds. The zero-order valence-corrected chi connectivity index (χ0v) is 15.6. The first-order valence-corrected chi connectivity index (χ1v) is 10.2. The molecule has 0 N–H and O–H groups in total. The summed E-state index contributed by atoms with van der Waals surface area (Å²) in [7, 11) is -3.60. The van der Waals surface area contributed by atoms with Crippen molar-refractivity contribution < 1.29 is 17.9 Å². The molecule has 1 aliphatic heterocycles. The van der Waals surface area contributed by atoms with Gasteiger partial charge in [0.25, 0.3) is 0 Å². The van der Waals surface area contributed by atoms with Gasteiger partial charge >= 0.3 is 5.97 Å². The van der Waals surface area contributed by atoms with Crippen LogP contribution >= 0.6 is 0 Å². The van der Waals surface area contributed by atoms with Gasteiger partial charge in [0.05, 0.1) is 23.4 Å². The Balaban J connectivity index is 1.75. The van der Waals surface area contributed by atoms with Crippen LogP contribution in [0, 0.1) is 0 Å². The highest BCUT2D eigenvalue weighted by Gasteiger charge is 2.35. The monoisotopic (exact) mass is 377 g/mol. The third-order valence-corrected chi connectivity index (χ3v) is 6.40. The third kappa shape index (κ3) is 3.96. The van der Waals surface area contributed by atoms with Crippen LogP contribution < -0.4 is 0 Å². The number of carbonyl (C=O) groups excluding carboxylic acids is 1. The van der Waals surface area contributed by atoms with Gasteiger partial charge in [-0.25, -0.2) is 18.2 Å². The van der Waals surface area contributed by atoms with E-state index in [1.165, 1.54) is 24.3 Å². The van der Waals surface area contributed by atoms with E-state index in [0.717, 1.165) is 19.3 Å². The predicted molar refractivity (Wildman–Crippen MR) is 96.2 cm³/mol. The number of sulfonamides is 1. The second-order valence-electron chi connectivity index (χ2n) is 6.33. The van der Waals surface area contributed by atoms with Crippen LogP contribution in [0.25, 0.3) is 0 Å². The molecule has 1 fully saturated rings. The number of hydrogen-bond donors (Lipinski definition) is 0. The van der Waals surface area contributed by atoms with Gasteiger partial charge in [0.15, 0.2) is 0 Å². The van der Waals surface area contributed by atoms with E-state index < -0.39 is 16.0 Å². The van der Waals surface area contributed by atoms with E-state index in [1.807, 2.05) is 17.7 Å². The Morgan fingerprint density at radius 2 is 2.08 bits per heavy atom. The summed E-state index contributed by atoms with van der Waals surface area (Å²) >= 11 is 0. The quantitative estimate of drug-likeness (QED) is 0.692. The molecule has 26 heavy (non-hydrogen) atoms. The molecule has 1 saturated heterocycles. The van der Waals surface area contributed by atoms with Crippen molar-refractivity contribution >= 4 is 16.0 Å². The molecular weight excluding hydrogens is 354 g/mol. The summed E-state index contributed by atoms with van der Waals surface area (Å²) in [6.07, 6.45) is 7.61. The fraction of sp³-hybridized carbons (Fsp3) is 0.444. The minimum atomic E-state index is -3.60. The Morgan fingerprint density at radius 1 is 1.31 bits per heavy atom. The molecule has 0 spiro atoms. The van der Waals surface area contributed by atoms with Crippen LogP contribution in [0.5, 0.6) is 0 Å². The second-order valence-corrected chi connectivity index (χ2v) is 8.22. The van der Waals surface area contributed by atoms with Gasteiger partial charge in [0, 0.05) is 31.5 Å². The Bertz CT molecular complexity index is 832. The van der Waals surface area contributed by atoms with Crippen LogP contribution in [0.3, 0.4) is 0 Å². The van der Waals surface area contributed by atoms with E-state index in [0.29, 0.717) is 25.3 Å². The van der Waals surface area contributed by atoms with Gasteiger partial charge in [0.1, 0.15) is 0 Å². The lowest BCUT2D eigenvalue weighted by molar-refractivity contribution is 0.0505. The maximum Gasteiger partial charge on any atom is 0.338 e. The minimum Gasteiger partial charge on any atom is -0.462 e. The van der Waals surface area contributed by atoms with Crippen LogP contribution in [0.1, 0.15) is 36.5 Å². The first-order valence-electron chi connectivity index (χ1n) is 8.77. The highest BCUT2D eigenvalue weighted by Crippen LogP contribution is 2.27. The predicted octanol–water partition coefficient (Wildman–Crippen LogP) is 2.30. The fourth-order valence-electron chi connectivity index (χ4n) is 3.12. The Morgan fingerprint density at radius 3 is 2.73 bits per heavy atom. The van der Waals surface area contributed by atoms with Gasteiger partial charge < -0.3 is 9.30 Å². The molecule has 3 rings (SSSR count). The van der Waals surface area contributed by atoms with Crippen molar-refractivity contribution in [2.75, 3.05) is 13.2 Å². The summed E-state index contributed by atoms with van der Waals surface area (Å²) in [4.78, 5) is 16.1. The minimum absolute atomic E-state index is 0.0941. The van der Waals surface area contributed by atoms with E-state index in [-0.39, 0.29) is 10.9 Å². The highest BCUT2D eigenvalue weighted by atomic mass is 32.2. The average Bonchev–Trinajstić information content (AvgIpc) is 3.32. The first-order chi connectivity index (χ1) is 12.5.